The Balaban J connectivity index is 1.86. The van der Waals surface area contributed by atoms with Crippen LogP contribution in [-0.2, 0) is 12.8 Å². The van der Waals surface area contributed by atoms with Crippen molar-refractivity contribution in [2.75, 3.05) is 20.1 Å². The fourth-order valence-corrected chi connectivity index (χ4v) is 2.65. The smallest absolute Gasteiger partial charge is 0.0181 e. The number of hydrogen-bond donors (Lipinski definition) is 1. The fraction of sp³-hybridized carbons (Fsp3) is 0.625. The molecule has 1 aliphatic rings. The zero-order valence-electron chi connectivity index (χ0n) is 11.8. The average molecular weight is 246 g/mol. The number of likely N-dealkylation sites (tertiary alicyclic amines) is 1. The molecule has 0 unspecified atom stereocenters. The first-order valence-corrected chi connectivity index (χ1v) is 7.16. The number of piperidine rings is 1. The number of benzene rings is 1. The van der Waals surface area contributed by atoms with E-state index >= 15 is 0 Å². The molecule has 2 rings (SSSR count). The first-order chi connectivity index (χ1) is 8.61. The summed E-state index contributed by atoms with van der Waals surface area (Å²) >= 11 is 0. The maximum Gasteiger partial charge on any atom is 0.0181 e. The van der Waals surface area contributed by atoms with Crippen LogP contribution in [0.4, 0.5) is 0 Å². The lowest BCUT2D eigenvalue weighted by atomic mass is 9.83. The van der Waals surface area contributed by atoms with E-state index in [4.69, 9.17) is 5.73 Å². The van der Waals surface area contributed by atoms with Crippen LogP contribution in [0.1, 0.15) is 37.3 Å². The molecule has 1 heterocycles. The van der Waals surface area contributed by atoms with Crippen LogP contribution >= 0.6 is 0 Å². The summed E-state index contributed by atoms with van der Waals surface area (Å²) < 4.78 is 0. The summed E-state index contributed by atoms with van der Waals surface area (Å²) in [4.78, 5) is 2.38. The molecular formula is C16H26N2. The van der Waals surface area contributed by atoms with E-state index in [1.807, 2.05) is 0 Å². The lowest BCUT2D eigenvalue weighted by Crippen LogP contribution is -2.49. The third kappa shape index (κ3) is 3.56. The van der Waals surface area contributed by atoms with E-state index in [1.54, 1.807) is 0 Å². The topological polar surface area (TPSA) is 29.3 Å². The van der Waals surface area contributed by atoms with Gasteiger partial charge in [-0.3, -0.25) is 0 Å². The molecule has 1 aromatic rings. The SMILES string of the molecule is CCc1ccc(CCC2(N)CCN(C)CC2)cc1. The first kappa shape index (κ1) is 13.6. The molecular weight excluding hydrogens is 220 g/mol. The molecule has 1 fully saturated rings. The molecule has 1 aromatic carbocycles. The normalized spacial score (nSPS) is 19.9. The number of nitrogens with two attached hydrogens (primary N) is 1. The lowest BCUT2D eigenvalue weighted by molar-refractivity contribution is 0.182. The molecule has 0 bridgehead atoms. The van der Waals surface area contributed by atoms with Crippen LogP contribution in [0.3, 0.4) is 0 Å². The van der Waals surface area contributed by atoms with E-state index in [2.05, 4.69) is 43.1 Å². The highest BCUT2D eigenvalue weighted by molar-refractivity contribution is 5.22. The van der Waals surface area contributed by atoms with Crippen LogP contribution < -0.4 is 5.73 Å². The van der Waals surface area contributed by atoms with E-state index in [0.29, 0.717) is 0 Å². The Morgan fingerprint density at radius 1 is 1.11 bits per heavy atom. The molecule has 0 saturated carbocycles. The Bertz CT molecular complexity index is 361. The third-order valence-corrected chi connectivity index (χ3v) is 4.33. The van der Waals surface area contributed by atoms with Gasteiger partial charge in [-0.1, -0.05) is 31.2 Å². The molecule has 100 valence electrons. The Kier molecular flexibility index (Phi) is 4.41. The molecule has 2 N–H and O–H groups in total. The van der Waals surface area contributed by atoms with Gasteiger partial charge in [-0.2, -0.15) is 0 Å². The van der Waals surface area contributed by atoms with E-state index < -0.39 is 0 Å². The minimum atomic E-state index is 0.0654. The van der Waals surface area contributed by atoms with Gasteiger partial charge in [0.15, 0.2) is 0 Å². The van der Waals surface area contributed by atoms with Gasteiger partial charge in [-0.15, -0.1) is 0 Å². The average Bonchev–Trinajstić information content (AvgIpc) is 2.41. The zero-order valence-corrected chi connectivity index (χ0v) is 11.8. The largest absolute Gasteiger partial charge is 0.325 e. The summed E-state index contributed by atoms with van der Waals surface area (Å²) in [7, 11) is 2.18. The van der Waals surface area contributed by atoms with Crippen LogP contribution in [0.2, 0.25) is 0 Å². The molecule has 0 radical (unpaired) electrons. The summed E-state index contributed by atoms with van der Waals surface area (Å²) in [5.41, 5.74) is 9.41. The van der Waals surface area contributed by atoms with Crippen molar-refractivity contribution in [3.05, 3.63) is 35.4 Å². The molecule has 1 aliphatic heterocycles. The highest BCUT2D eigenvalue weighted by Crippen LogP contribution is 2.24. The molecule has 0 aromatic heterocycles. The summed E-state index contributed by atoms with van der Waals surface area (Å²) in [6.07, 6.45) is 5.62. The molecule has 0 atom stereocenters. The number of rotatable bonds is 4. The number of aryl methyl sites for hydroxylation is 2. The van der Waals surface area contributed by atoms with Gasteiger partial charge in [-0.25, -0.2) is 0 Å². The molecule has 1 saturated heterocycles. The monoisotopic (exact) mass is 246 g/mol. The minimum absolute atomic E-state index is 0.0654. The van der Waals surface area contributed by atoms with Crippen LogP contribution in [0.15, 0.2) is 24.3 Å². The highest BCUT2D eigenvalue weighted by Gasteiger charge is 2.28. The van der Waals surface area contributed by atoms with E-state index in [-0.39, 0.29) is 5.54 Å². The molecule has 0 spiro atoms. The lowest BCUT2D eigenvalue weighted by Gasteiger charge is -2.37. The second-order valence-corrected chi connectivity index (χ2v) is 5.84. The second kappa shape index (κ2) is 5.85. The van der Waals surface area contributed by atoms with Gasteiger partial charge in [0, 0.05) is 5.54 Å². The number of nitrogens with zero attached hydrogens (tertiary/aromatic N) is 1. The van der Waals surface area contributed by atoms with Crippen molar-refractivity contribution < 1.29 is 0 Å². The summed E-state index contributed by atoms with van der Waals surface area (Å²) in [5.74, 6) is 0. The summed E-state index contributed by atoms with van der Waals surface area (Å²) in [5, 5.41) is 0. The van der Waals surface area contributed by atoms with Gasteiger partial charge in [0.25, 0.3) is 0 Å². The van der Waals surface area contributed by atoms with Gasteiger partial charge in [0.1, 0.15) is 0 Å². The summed E-state index contributed by atoms with van der Waals surface area (Å²) in [6.45, 7) is 4.49. The predicted molar refractivity (Wildman–Crippen MR) is 77.8 cm³/mol. The predicted octanol–water partition coefficient (Wildman–Crippen LogP) is 2.60. The Hall–Kier alpha value is -0.860. The highest BCUT2D eigenvalue weighted by atomic mass is 15.1. The van der Waals surface area contributed by atoms with Crippen molar-refractivity contribution in [3.8, 4) is 0 Å². The van der Waals surface area contributed by atoms with Crippen molar-refractivity contribution in [2.24, 2.45) is 5.73 Å². The van der Waals surface area contributed by atoms with Crippen molar-refractivity contribution >= 4 is 0 Å². The van der Waals surface area contributed by atoms with Crippen LogP contribution in [0.25, 0.3) is 0 Å². The third-order valence-electron chi connectivity index (χ3n) is 4.33. The van der Waals surface area contributed by atoms with Gasteiger partial charge in [0.05, 0.1) is 0 Å². The molecule has 0 aliphatic carbocycles. The van der Waals surface area contributed by atoms with Gasteiger partial charge in [0.2, 0.25) is 0 Å². The zero-order chi connectivity index (χ0) is 13.0. The van der Waals surface area contributed by atoms with E-state index in [1.165, 1.54) is 11.1 Å². The van der Waals surface area contributed by atoms with E-state index in [9.17, 15) is 0 Å². The molecule has 18 heavy (non-hydrogen) atoms. The Labute approximate surface area is 111 Å². The van der Waals surface area contributed by atoms with Crippen LogP contribution in [0, 0.1) is 0 Å². The van der Waals surface area contributed by atoms with Crippen LogP contribution in [0.5, 0.6) is 0 Å². The van der Waals surface area contributed by atoms with Crippen LogP contribution in [-0.4, -0.2) is 30.6 Å². The fourth-order valence-electron chi connectivity index (χ4n) is 2.65. The van der Waals surface area contributed by atoms with Crippen molar-refractivity contribution in [3.63, 3.8) is 0 Å². The molecule has 2 heteroatoms. The maximum absolute atomic E-state index is 6.50. The Morgan fingerprint density at radius 3 is 2.22 bits per heavy atom. The quantitative estimate of drug-likeness (QED) is 0.885. The first-order valence-electron chi connectivity index (χ1n) is 7.16. The van der Waals surface area contributed by atoms with Crippen molar-refractivity contribution in [1.29, 1.82) is 0 Å². The van der Waals surface area contributed by atoms with Crippen molar-refractivity contribution in [1.82, 2.24) is 4.90 Å². The van der Waals surface area contributed by atoms with E-state index in [0.717, 1.165) is 45.2 Å². The summed E-state index contributed by atoms with van der Waals surface area (Å²) in [6, 6.07) is 9.01. The van der Waals surface area contributed by atoms with Gasteiger partial charge in [-0.05, 0) is 63.4 Å². The van der Waals surface area contributed by atoms with Crippen molar-refractivity contribution in [2.45, 2.75) is 44.6 Å². The Morgan fingerprint density at radius 2 is 1.67 bits per heavy atom. The second-order valence-electron chi connectivity index (χ2n) is 5.84. The van der Waals surface area contributed by atoms with Gasteiger partial charge < -0.3 is 10.6 Å². The minimum Gasteiger partial charge on any atom is -0.325 e. The molecule has 0 amide bonds. The molecule has 2 nitrogen and oxygen atoms in total. The maximum atomic E-state index is 6.50. The number of hydrogen-bond acceptors (Lipinski definition) is 2. The van der Waals surface area contributed by atoms with Gasteiger partial charge >= 0.3 is 0 Å². The standard InChI is InChI=1S/C16H26N2/c1-3-14-4-6-15(7-5-14)8-9-16(17)10-12-18(2)13-11-16/h4-7H,3,8-13,17H2,1-2H3.